The lowest BCUT2D eigenvalue weighted by molar-refractivity contribution is -0.179. The highest BCUT2D eigenvalue weighted by Gasteiger charge is 2.40. The maximum absolute atomic E-state index is 5.78. The molecule has 4 nitrogen and oxygen atoms in total. The summed E-state index contributed by atoms with van der Waals surface area (Å²) in [5.74, 6) is 0.724. The molecule has 0 amide bonds. The third kappa shape index (κ3) is 3.73. The second kappa shape index (κ2) is 6.73. The van der Waals surface area contributed by atoms with Crippen LogP contribution in [-0.4, -0.2) is 56.1 Å². The summed E-state index contributed by atoms with van der Waals surface area (Å²) in [4.78, 5) is 2.61. The summed E-state index contributed by atoms with van der Waals surface area (Å²) in [6, 6.07) is 0.664. The minimum Gasteiger partial charge on any atom is -0.348 e. The fourth-order valence-electron chi connectivity index (χ4n) is 3.76. The van der Waals surface area contributed by atoms with Crippen LogP contribution in [0.4, 0.5) is 0 Å². The van der Waals surface area contributed by atoms with E-state index in [0.717, 1.165) is 38.5 Å². The van der Waals surface area contributed by atoms with E-state index in [1.807, 2.05) is 0 Å². The van der Waals surface area contributed by atoms with E-state index in [4.69, 9.17) is 9.47 Å². The van der Waals surface area contributed by atoms with Crippen LogP contribution in [0, 0.1) is 5.92 Å². The molecule has 2 aliphatic heterocycles. The molecule has 3 fully saturated rings. The summed E-state index contributed by atoms with van der Waals surface area (Å²) >= 11 is 0. The normalized spacial score (nSPS) is 29.2. The molecule has 1 saturated carbocycles. The van der Waals surface area contributed by atoms with E-state index in [9.17, 15) is 0 Å². The van der Waals surface area contributed by atoms with Gasteiger partial charge in [-0.05, 0) is 44.7 Å². The Hall–Kier alpha value is -0.160. The van der Waals surface area contributed by atoms with Gasteiger partial charge in [-0.15, -0.1) is 0 Å². The Kier molecular flexibility index (Phi) is 4.97. The van der Waals surface area contributed by atoms with Crippen molar-refractivity contribution in [3.05, 3.63) is 0 Å². The largest absolute Gasteiger partial charge is 0.348 e. The molecular weight excluding hydrogens is 252 g/mol. The predicted molar refractivity (Wildman–Crippen MR) is 79.7 cm³/mol. The van der Waals surface area contributed by atoms with Gasteiger partial charge >= 0.3 is 0 Å². The first-order valence-electron chi connectivity index (χ1n) is 8.49. The average molecular weight is 282 g/mol. The SMILES string of the molecule is CC1CCN(CCNC2CCC3(CC2)OCCO3)CC1. The molecule has 2 heterocycles. The van der Waals surface area contributed by atoms with Crippen molar-refractivity contribution in [1.82, 2.24) is 10.2 Å². The fourth-order valence-corrected chi connectivity index (χ4v) is 3.76. The molecule has 20 heavy (non-hydrogen) atoms. The van der Waals surface area contributed by atoms with E-state index < -0.39 is 0 Å². The van der Waals surface area contributed by atoms with Gasteiger partial charge in [-0.25, -0.2) is 0 Å². The summed E-state index contributed by atoms with van der Waals surface area (Å²) in [6.07, 6.45) is 7.26. The molecule has 3 aliphatic rings. The number of rotatable bonds is 4. The van der Waals surface area contributed by atoms with Gasteiger partial charge in [0.15, 0.2) is 5.79 Å². The van der Waals surface area contributed by atoms with Gasteiger partial charge in [0.25, 0.3) is 0 Å². The van der Waals surface area contributed by atoms with Crippen molar-refractivity contribution in [3.8, 4) is 0 Å². The molecule has 1 aliphatic carbocycles. The minimum atomic E-state index is -0.207. The maximum atomic E-state index is 5.78. The van der Waals surface area contributed by atoms with Crippen LogP contribution < -0.4 is 5.32 Å². The highest BCUT2D eigenvalue weighted by atomic mass is 16.7. The number of hydrogen-bond acceptors (Lipinski definition) is 4. The number of ether oxygens (including phenoxy) is 2. The minimum absolute atomic E-state index is 0.207. The van der Waals surface area contributed by atoms with Crippen LogP contribution in [-0.2, 0) is 9.47 Å². The molecule has 4 heteroatoms. The molecule has 2 saturated heterocycles. The van der Waals surface area contributed by atoms with Crippen molar-refractivity contribution in [2.24, 2.45) is 5.92 Å². The number of hydrogen-bond donors (Lipinski definition) is 1. The summed E-state index contributed by atoms with van der Waals surface area (Å²) in [5, 5.41) is 3.73. The summed E-state index contributed by atoms with van der Waals surface area (Å²) < 4.78 is 11.6. The van der Waals surface area contributed by atoms with Gasteiger partial charge in [-0.1, -0.05) is 6.92 Å². The van der Waals surface area contributed by atoms with E-state index in [0.29, 0.717) is 6.04 Å². The predicted octanol–water partition coefficient (Wildman–Crippen LogP) is 1.99. The third-order valence-electron chi connectivity index (χ3n) is 5.30. The van der Waals surface area contributed by atoms with Gasteiger partial charge in [0, 0.05) is 32.0 Å². The Morgan fingerprint density at radius 3 is 2.35 bits per heavy atom. The van der Waals surface area contributed by atoms with Crippen LogP contribution in [0.2, 0.25) is 0 Å². The Balaban J connectivity index is 1.30. The van der Waals surface area contributed by atoms with E-state index in [2.05, 4.69) is 17.1 Å². The highest BCUT2D eigenvalue weighted by Crippen LogP contribution is 2.35. The molecule has 0 unspecified atom stereocenters. The maximum Gasteiger partial charge on any atom is 0.168 e. The third-order valence-corrected chi connectivity index (χ3v) is 5.30. The zero-order chi connectivity index (χ0) is 13.8. The lowest BCUT2D eigenvalue weighted by atomic mass is 9.90. The quantitative estimate of drug-likeness (QED) is 0.855. The first kappa shape index (κ1) is 14.8. The van der Waals surface area contributed by atoms with Gasteiger partial charge < -0.3 is 19.7 Å². The molecule has 0 bridgehead atoms. The first-order chi connectivity index (χ1) is 9.76. The van der Waals surface area contributed by atoms with Crippen LogP contribution in [0.1, 0.15) is 45.4 Å². The fraction of sp³-hybridized carbons (Fsp3) is 1.00. The molecule has 1 spiro atoms. The molecule has 3 rings (SSSR count). The van der Waals surface area contributed by atoms with Crippen molar-refractivity contribution in [2.45, 2.75) is 57.3 Å². The van der Waals surface area contributed by atoms with Gasteiger partial charge in [0.05, 0.1) is 13.2 Å². The summed E-state index contributed by atoms with van der Waals surface area (Å²) in [7, 11) is 0. The van der Waals surface area contributed by atoms with Crippen LogP contribution >= 0.6 is 0 Å². The Morgan fingerprint density at radius 2 is 1.70 bits per heavy atom. The smallest absolute Gasteiger partial charge is 0.168 e. The average Bonchev–Trinajstić information content (AvgIpc) is 2.92. The zero-order valence-corrected chi connectivity index (χ0v) is 12.9. The number of nitrogens with zero attached hydrogens (tertiary/aromatic N) is 1. The number of nitrogens with one attached hydrogen (secondary N) is 1. The second-order valence-corrected chi connectivity index (χ2v) is 6.86. The summed E-state index contributed by atoms with van der Waals surface area (Å²) in [5.41, 5.74) is 0. The monoisotopic (exact) mass is 282 g/mol. The molecule has 0 atom stereocenters. The van der Waals surface area contributed by atoms with Crippen molar-refractivity contribution in [3.63, 3.8) is 0 Å². The van der Waals surface area contributed by atoms with Crippen molar-refractivity contribution in [1.29, 1.82) is 0 Å². The number of likely N-dealkylation sites (tertiary alicyclic amines) is 1. The molecule has 1 N–H and O–H groups in total. The van der Waals surface area contributed by atoms with Gasteiger partial charge in [0.2, 0.25) is 0 Å². The first-order valence-corrected chi connectivity index (χ1v) is 8.49. The lowest BCUT2D eigenvalue weighted by Crippen LogP contribution is -2.45. The van der Waals surface area contributed by atoms with Crippen LogP contribution in [0.15, 0.2) is 0 Å². The molecule has 116 valence electrons. The van der Waals surface area contributed by atoms with Crippen molar-refractivity contribution < 1.29 is 9.47 Å². The molecule has 0 aromatic carbocycles. The van der Waals surface area contributed by atoms with Gasteiger partial charge in [-0.3, -0.25) is 0 Å². The molecule has 0 aromatic heterocycles. The standard InChI is InChI=1S/C16H30N2O2/c1-14-4-9-18(10-5-14)11-8-17-15-2-6-16(7-3-15)19-12-13-20-16/h14-15,17H,2-13H2,1H3. The van der Waals surface area contributed by atoms with Crippen LogP contribution in [0.25, 0.3) is 0 Å². The Bertz CT molecular complexity index is 287. The van der Waals surface area contributed by atoms with Gasteiger partial charge in [0.1, 0.15) is 0 Å². The Morgan fingerprint density at radius 1 is 1.05 bits per heavy atom. The topological polar surface area (TPSA) is 33.7 Å². The second-order valence-electron chi connectivity index (χ2n) is 6.86. The van der Waals surface area contributed by atoms with Crippen molar-refractivity contribution in [2.75, 3.05) is 39.4 Å². The van der Waals surface area contributed by atoms with Crippen molar-refractivity contribution >= 4 is 0 Å². The van der Waals surface area contributed by atoms with E-state index in [1.165, 1.54) is 45.3 Å². The number of piperidine rings is 1. The van der Waals surface area contributed by atoms with E-state index >= 15 is 0 Å². The molecule has 0 radical (unpaired) electrons. The van der Waals surface area contributed by atoms with Crippen LogP contribution in [0.5, 0.6) is 0 Å². The van der Waals surface area contributed by atoms with Gasteiger partial charge in [-0.2, -0.15) is 0 Å². The Labute approximate surface area is 123 Å². The van der Waals surface area contributed by atoms with E-state index in [1.54, 1.807) is 0 Å². The lowest BCUT2D eigenvalue weighted by Gasteiger charge is -2.36. The molecule has 0 aromatic rings. The highest BCUT2D eigenvalue weighted by molar-refractivity contribution is 4.85. The zero-order valence-electron chi connectivity index (χ0n) is 12.9. The summed E-state index contributed by atoms with van der Waals surface area (Å²) in [6.45, 7) is 8.86. The van der Waals surface area contributed by atoms with E-state index in [-0.39, 0.29) is 5.79 Å². The molecular formula is C16H30N2O2. The van der Waals surface area contributed by atoms with Crippen LogP contribution in [0.3, 0.4) is 0 Å².